The summed E-state index contributed by atoms with van der Waals surface area (Å²) in [6, 6.07) is 8.61. The van der Waals surface area contributed by atoms with Gasteiger partial charge in [-0.25, -0.2) is 0 Å². The monoisotopic (exact) mass is 426 g/mol. The van der Waals surface area contributed by atoms with Gasteiger partial charge in [0.15, 0.2) is 0 Å². The third-order valence-corrected chi connectivity index (χ3v) is 6.12. The lowest BCUT2D eigenvalue weighted by molar-refractivity contribution is 0.0488. The number of hydrogen-bond acceptors (Lipinski definition) is 6. The molecule has 31 heavy (non-hydrogen) atoms. The van der Waals surface area contributed by atoms with Crippen LogP contribution in [0.3, 0.4) is 0 Å². The predicted octanol–water partition coefficient (Wildman–Crippen LogP) is 2.96. The molecule has 2 unspecified atom stereocenters. The van der Waals surface area contributed by atoms with Crippen molar-refractivity contribution in [2.24, 2.45) is 0 Å². The van der Waals surface area contributed by atoms with Crippen LogP contribution in [0.5, 0.6) is 11.5 Å². The molecule has 4 rings (SSSR count). The molecule has 168 valence electrons. The van der Waals surface area contributed by atoms with Gasteiger partial charge in [-0.2, -0.15) is 0 Å². The Morgan fingerprint density at radius 3 is 1.58 bits per heavy atom. The van der Waals surface area contributed by atoms with E-state index in [0.717, 1.165) is 31.0 Å². The molecule has 6 heteroatoms. The van der Waals surface area contributed by atoms with Gasteiger partial charge in [-0.3, -0.25) is 9.80 Å². The highest BCUT2D eigenvalue weighted by Gasteiger charge is 2.26. The summed E-state index contributed by atoms with van der Waals surface area (Å²) in [7, 11) is 0. The molecular weight excluding hydrogens is 392 g/mol. The van der Waals surface area contributed by atoms with Crippen molar-refractivity contribution in [3.05, 3.63) is 57.6 Å². The highest BCUT2D eigenvalue weighted by Crippen LogP contribution is 2.38. The summed E-state index contributed by atoms with van der Waals surface area (Å²) in [5.74, 6) is 1.95. The average molecular weight is 427 g/mol. The molecule has 6 nitrogen and oxygen atoms in total. The highest BCUT2D eigenvalue weighted by molar-refractivity contribution is 5.54. The molecular formula is C25H34N2O4. The molecule has 2 heterocycles. The zero-order valence-electron chi connectivity index (χ0n) is 19.0. The third kappa shape index (κ3) is 4.88. The van der Waals surface area contributed by atoms with Crippen LogP contribution < -0.4 is 9.47 Å². The van der Waals surface area contributed by atoms with Crippen molar-refractivity contribution < 1.29 is 19.7 Å². The van der Waals surface area contributed by atoms with E-state index in [-0.39, 0.29) is 12.2 Å². The second-order valence-electron chi connectivity index (χ2n) is 9.14. The van der Waals surface area contributed by atoms with Gasteiger partial charge in [-0.05, 0) is 38.8 Å². The van der Waals surface area contributed by atoms with E-state index >= 15 is 0 Å². The van der Waals surface area contributed by atoms with Gasteiger partial charge in [-0.1, -0.05) is 24.3 Å². The lowest BCUT2D eigenvalue weighted by Crippen LogP contribution is -2.37. The molecule has 0 aromatic heterocycles. The van der Waals surface area contributed by atoms with Gasteiger partial charge >= 0.3 is 0 Å². The van der Waals surface area contributed by atoms with Crippen molar-refractivity contribution in [3.63, 3.8) is 0 Å². The predicted molar refractivity (Wildman–Crippen MR) is 120 cm³/mol. The molecule has 2 aromatic rings. The largest absolute Gasteiger partial charge is 0.477 e. The molecule has 2 aromatic carbocycles. The van der Waals surface area contributed by atoms with Gasteiger partial charge in [0.1, 0.15) is 25.0 Å². The zero-order valence-corrected chi connectivity index (χ0v) is 19.0. The molecule has 0 aliphatic carbocycles. The Labute approximate surface area is 185 Å². The molecule has 0 radical (unpaired) electrons. The maximum absolute atomic E-state index is 9.73. The molecule has 2 aliphatic rings. The van der Waals surface area contributed by atoms with Crippen molar-refractivity contribution in [1.29, 1.82) is 0 Å². The van der Waals surface area contributed by atoms with Crippen LogP contribution in [-0.2, 0) is 19.5 Å². The van der Waals surface area contributed by atoms with E-state index in [1.54, 1.807) is 13.8 Å². The Morgan fingerprint density at radius 1 is 0.774 bits per heavy atom. The summed E-state index contributed by atoms with van der Waals surface area (Å²) >= 11 is 0. The van der Waals surface area contributed by atoms with Crippen molar-refractivity contribution >= 4 is 0 Å². The number of aryl methyl sites for hydroxylation is 2. The van der Waals surface area contributed by atoms with Crippen LogP contribution in [0.25, 0.3) is 0 Å². The molecule has 0 saturated carbocycles. The van der Waals surface area contributed by atoms with Crippen molar-refractivity contribution in [3.8, 4) is 11.5 Å². The van der Waals surface area contributed by atoms with E-state index in [0.29, 0.717) is 26.6 Å². The van der Waals surface area contributed by atoms with Gasteiger partial charge in [0.2, 0.25) is 0 Å². The maximum atomic E-state index is 9.73. The summed E-state index contributed by atoms with van der Waals surface area (Å²) in [4.78, 5) is 4.25. The summed E-state index contributed by atoms with van der Waals surface area (Å²) in [6.45, 7) is 11.6. The number of aliphatic hydroxyl groups is 2. The molecule has 2 N–H and O–H groups in total. The number of rotatable bonds is 6. The first-order chi connectivity index (χ1) is 14.8. The summed E-state index contributed by atoms with van der Waals surface area (Å²) in [5, 5.41) is 19.5. The molecule has 0 fully saturated rings. The molecule has 2 atom stereocenters. The van der Waals surface area contributed by atoms with Crippen molar-refractivity contribution in [1.82, 2.24) is 9.80 Å². The first-order valence-corrected chi connectivity index (χ1v) is 11.1. The third-order valence-electron chi connectivity index (χ3n) is 6.12. The van der Waals surface area contributed by atoms with E-state index in [9.17, 15) is 10.2 Å². The van der Waals surface area contributed by atoms with E-state index in [1.165, 1.54) is 33.4 Å². The summed E-state index contributed by atoms with van der Waals surface area (Å²) in [5.41, 5.74) is 7.18. The second kappa shape index (κ2) is 9.17. The Bertz CT molecular complexity index is 866. The van der Waals surface area contributed by atoms with Crippen LogP contribution in [0.2, 0.25) is 0 Å². The van der Waals surface area contributed by atoms with Crippen molar-refractivity contribution in [2.45, 2.75) is 59.4 Å². The van der Waals surface area contributed by atoms with Crippen LogP contribution in [-0.4, -0.2) is 58.8 Å². The van der Waals surface area contributed by atoms with Crippen LogP contribution >= 0.6 is 0 Å². The minimum absolute atomic E-state index is 0.376. The molecule has 0 amide bonds. The standard InChI is InChI=1S/C25H34N2O4/c1-16-5-7-20-12-26(10-18(3)28)14-30-24(20)22(16)9-23-17(2)6-8-21-13-27(11-19(4)29)15-31-25(21)23/h5-8,18-19,28-29H,9-15H2,1-4H3. The number of hydrogen-bond donors (Lipinski definition) is 2. The number of ether oxygens (including phenoxy) is 2. The fourth-order valence-electron chi connectivity index (χ4n) is 4.64. The SMILES string of the molecule is Cc1ccc2c(c1Cc1c(C)ccc3c1OCN(CC(C)O)C3)OCN(CC(C)O)C2. The van der Waals surface area contributed by atoms with Gasteiger partial charge < -0.3 is 19.7 Å². The highest BCUT2D eigenvalue weighted by atomic mass is 16.5. The zero-order chi connectivity index (χ0) is 22.1. The van der Waals surface area contributed by atoms with E-state index in [1.807, 2.05) is 0 Å². The lowest BCUT2D eigenvalue weighted by atomic mass is 9.91. The molecule has 0 saturated heterocycles. The van der Waals surface area contributed by atoms with Gasteiger partial charge in [0, 0.05) is 54.9 Å². The first kappa shape index (κ1) is 22.1. The number of β-amino-alcohol motifs (C(OH)–C–C–N with tert-alkyl or cyclic N) is 2. The summed E-state index contributed by atoms with van der Waals surface area (Å²) < 4.78 is 12.4. The van der Waals surface area contributed by atoms with Gasteiger partial charge in [-0.15, -0.1) is 0 Å². The Morgan fingerprint density at radius 2 is 1.19 bits per heavy atom. The van der Waals surface area contributed by atoms with E-state index < -0.39 is 0 Å². The minimum atomic E-state index is -0.376. The molecule has 0 spiro atoms. The first-order valence-electron chi connectivity index (χ1n) is 11.1. The van der Waals surface area contributed by atoms with Crippen LogP contribution in [0, 0.1) is 13.8 Å². The number of nitrogens with zero attached hydrogens (tertiary/aromatic N) is 2. The second-order valence-corrected chi connectivity index (χ2v) is 9.14. The Kier molecular flexibility index (Phi) is 6.53. The number of aliphatic hydroxyl groups excluding tert-OH is 2. The Balaban J connectivity index is 1.62. The van der Waals surface area contributed by atoms with E-state index in [2.05, 4.69) is 47.9 Å². The number of fused-ring (bicyclic) bond motifs is 2. The van der Waals surface area contributed by atoms with Gasteiger partial charge in [0.25, 0.3) is 0 Å². The number of benzene rings is 2. The van der Waals surface area contributed by atoms with Crippen LogP contribution in [0.4, 0.5) is 0 Å². The van der Waals surface area contributed by atoms with Crippen molar-refractivity contribution in [2.75, 3.05) is 26.6 Å². The Hall–Kier alpha value is -2.12. The van der Waals surface area contributed by atoms with Crippen LogP contribution in [0.1, 0.15) is 47.2 Å². The van der Waals surface area contributed by atoms with E-state index in [4.69, 9.17) is 9.47 Å². The maximum Gasteiger partial charge on any atom is 0.142 e. The molecule has 0 bridgehead atoms. The normalized spacial score (nSPS) is 18.5. The fraction of sp³-hybridized carbons (Fsp3) is 0.520. The van der Waals surface area contributed by atoms with Gasteiger partial charge in [0.05, 0.1) is 12.2 Å². The fourth-order valence-corrected chi connectivity index (χ4v) is 4.64. The smallest absolute Gasteiger partial charge is 0.142 e. The minimum Gasteiger partial charge on any atom is -0.477 e. The molecule has 2 aliphatic heterocycles. The van der Waals surface area contributed by atoms with Crippen LogP contribution in [0.15, 0.2) is 24.3 Å². The average Bonchev–Trinajstić information content (AvgIpc) is 2.71. The quantitative estimate of drug-likeness (QED) is 0.741. The summed E-state index contributed by atoms with van der Waals surface area (Å²) in [6.07, 6.45) is 0.00906. The lowest BCUT2D eigenvalue weighted by Gasteiger charge is -2.33. The topological polar surface area (TPSA) is 65.4 Å².